The number of ether oxygens (including phenoxy) is 6. The van der Waals surface area contributed by atoms with Gasteiger partial charge in [-0.1, -0.05) is 12.2 Å². The minimum absolute atomic E-state index is 0.0351. The van der Waals surface area contributed by atoms with Gasteiger partial charge in [0, 0.05) is 17.7 Å². The van der Waals surface area contributed by atoms with Crippen LogP contribution >= 0.6 is 0 Å². The van der Waals surface area contributed by atoms with Gasteiger partial charge in [-0.3, -0.25) is 14.9 Å². The lowest BCUT2D eigenvalue weighted by Crippen LogP contribution is -2.10. The summed E-state index contributed by atoms with van der Waals surface area (Å²) in [6, 6.07) is 9.28. The van der Waals surface area contributed by atoms with Crippen LogP contribution in [0.4, 0.5) is 11.4 Å². The molecule has 0 heterocycles. The van der Waals surface area contributed by atoms with Gasteiger partial charge in [0.25, 0.3) is 0 Å². The van der Waals surface area contributed by atoms with Crippen LogP contribution in [0.25, 0.3) is 18.2 Å². The minimum atomic E-state index is -0.608. The monoisotopic (exact) mass is 566 g/mol. The predicted molar refractivity (Wildman–Crippen MR) is 154 cm³/mol. The lowest BCUT2D eigenvalue weighted by molar-refractivity contribution is -0.385. The van der Waals surface area contributed by atoms with Gasteiger partial charge in [0.15, 0.2) is 28.7 Å². The van der Waals surface area contributed by atoms with E-state index in [1.807, 2.05) is 0 Å². The fourth-order valence-corrected chi connectivity index (χ4v) is 3.98. The standard InChI is InChI=1S/C29H30N2O10/c1-36-22-14-17(13-20(31(34)35)27(22)39-4)8-12-25(33)30-26-19(10-11-21(32)28(26)40-5)9-7-18-15-23(37-2)29(41-6)24(16-18)38-3/h7-16,32H,1-6H3,(H,30,33)/b9-7+,12-8+. The number of anilines is 1. The van der Waals surface area contributed by atoms with Crippen LogP contribution in [0.3, 0.4) is 0 Å². The molecule has 216 valence electrons. The third kappa shape index (κ3) is 6.79. The first-order valence-corrected chi connectivity index (χ1v) is 12.0. The van der Waals surface area contributed by atoms with Gasteiger partial charge in [-0.25, -0.2) is 0 Å². The molecule has 0 aliphatic carbocycles. The quantitative estimate of drug-likeness (QED) is 0.130. The summed E-state index contributed by atoms with van der Waals surface area (Å²) in [5.41, 5.74) is 1.43. The second-order valence-corrected chi connectivity index (χ2v) is 8.23. The first-order valence-electron chi connectivity index (χ1n) is 12.0. The van der Waals surface area contributed by atoms with Gasteiger partial charge in [-0.2, -0.15) is 0 Å². The number of phenolic OH excluding ortho intramolecular Hbond substituents is 1. The predicted octanol–water partition coefficient (Wildman–Crippen LogP) is 5.17. The van der Waals surface area contributed by atoms with Crippen molar-refractivity contribution in [2.75, 3.05) is 48.0 Å². The fourth-order valence-electron chi connectivity index (χ4n) is 3.98. The van der Waals surface area contributed by atoms with Crippen molar-refractivity contribution >= 4 is 35.5 Å². The van der Waals surface area contributed by atoms with Gasteiger partial charge >= 0.3 is 5.69 Å². The first kappa shape index (κ1) is 30.2. The van der Waals surface area contributed by atoms with E-state index >= 15 is 0 Å². The van der Waals surface area contributed by atoms with Crippen LogP contribution in [-0.2, 0) is 4.79 Å². The summed E-state index contributed by atoms with van der Waals surface area (Å²) in [5.74, 6) is 0.731. The van der Waals surface area contributed by atoms with Crippen molar-refractivity contribution in [1.82, 2.24) is 0 Å². The van der Waals surface area contributed by atoms with E-state index in [1.165, 1.54) is 73.0 Å². The molecule has 12 heteroatoms. The van der Waals surface area contributed by atoms with Crippen molar-refractivity contribution in [2.45, 2.75) is 0 Å². The fraction of sp³-hybridized carbons (Fsp3) is 0.207. The van der Waals surface area contributed by atoms with Crippen molar-refractivity contribution in [2.24, 2.45) is 0 Å². The summed E-state index contributed by atoms with van der Waals surface area (Å²) in [4.78, 5) is 23.8. The van der Waals surface area contributed by atoms with Crippen LogP contribution in [0.5, 0.6) is 40.2 Å². The highest BCUT2D eigenvalue weighted by Crippen LogP contribution is 2.41. The maximum Gasteiger partial charge on any atom is 0.315 e. The van der Waals surface area contributed by atoms with E-state index < -0.39 is 10.8 Å². The number of hydrogen-bond donors (Lipinski definition) is 2. The van der Waals surface area contributed by atoms with Crippen LogP contribution in [0.2, 0.25) is 0 Å². The number of nitro benzene ring substituents is 1. The Hall–Kier alpha value is -5.39. The number of amides is 1. The van der Waals surface area contributed by atoms with E-state index in [0.29, 0.717) is 33.9 Å². The molecule has 3 aromatic rings. The van der Waals surface area contributed by atoms with E-state index in [9.17, 15) is 20.0 Å². The van der Waals surface area contributed by atoms with Crippen LogP contribution in [-0.4, -0.2) is 58.6 Å². The van der Waals surface area contributed by atoms with Gasteiger partial charge in [0.05, 0.1) is 53.3 Å². The number of rotatable bonds is 12. The van der Waals surface area contributed by atoms with Crippen molar-refractivity contribution in [3.05, 3.63) is 69.3 Å². The molecule has 0 bridgehead atoms. The SMILES string of the molecule is COc1cc(/C=C/c2ccc(O)c(OC)c2NC(=O)/C=C/c2cc(OC)c(OC)c([N+](=O)[O-])c2)cc(OC)c1OC. The molecule has 0 spiro atoms. The zero-order valence-electron chi connectivity index (χ0n) is 23.3. The van der Waals surface area contributed by atoms with Crippen LogP contribution < -0.4 is 33.7 Å². The summed E-state index contributed by atoms with van der Waals surface area (Å²) in [6.07, 6.45) is 6.02. The van der Waals surface area contributed by atoms with Crippen molar-refractivity contribution in [3.8, 4) is 40.2 Å². The van der Waals surface area contributed by atoms with Crippen molar-refractivity contribution < 1.29 is 43.2 Å². The highest BCUT2D eigenvalue weighted by atomic mass is 16.6. The average Bonchev–Trinajstić information content (AvgIpc) is 2.98. The van der Waals surface area contributed by atoms with Crippen LogP contribution in [0.15, 0.2) is 42.5 Å². The summed E-state index contributed by atoms with van der Waals surface area (Å²) in [5, 5.41) is 24.5. The summed E-state index contributed by atoms with van der Waals surface area (Å²) < 4.78 is 31.8. The second-order valence-electron chi connectivity index (χ2n) is 8.23. The molecule has 12 nitrogen and oxygen atoms in total. The van der Waals surface area contributed by atoms with Gasteiger partial charge in [-0.05, 0) is 47.5 Å². The number of nitrogens with one attached hydrogen (secondary N) is 1. The van der Waals surface area contributed by atoms with Gasteiger partial charge in [0.2, 0.25) is 17.4 Å². The third-order valence-electron chi connectivity index (χ3n) is 5.87. The van der Waals surface area contributed by atoms with E-state index in [1.54, 1.807) is 30.4 Å². The van der Waals surface area contributed by atoms with E-state index in [0.717, 1.165) is 0 Å². The molecule has 0 aliphatic heterocycles. The first-order chi connectivity index (χ1) is 19.7. The third-order valence-corrected chi connectivity index (χ3v) is 5.87. The Morgan fingerprint density at radius 3 is 1.80 bits per heavy atom. The second kappa shape index (κ2) is 13.6. The minimum Gasteiger partial charge on any atom is -0.504 e. The molecule has 3 rings (SSSR count). The Kier molecular flexibility index (Phi) is 10.0. The van der Waals surface area contributed by atoms with E-state index in [-0.39, 0.29) is 34.4 Å². The Morgan fingerprint density at radius 1 is 0.756 bits per heavy atom. The number of benzene rings is 3. The number of aromatic hydroxyl groups is 1. The molecule has 0 saturated heterocycles. The zero-order valence-corrected chi connectivity index (χ0v) is 23.3. The maximum absolute atomic E-state index is 12.9. The molecule has 3 aromatic carbocycles. The maximum atomic E-state index is 12.9. The molecular formula is C29H30N2O10. The molecule has 0 aliphatic rings. The number of nitrogens with zero attached hydrogens (tertiary/aromatic N) is 1. The highest BCUT2D eigenvalue weighted by molar-refractivity contribution is 6.05. The smallest absolute Gasteiger partial charge is 0.315 e. The van der Waals surface area contributed by atoms with Crippen LogP contribution in [0.1, 0.15) is 16.7 Å². The molecular weight excluding hydrogens is 536 g/mol. The molecule has 0 atom stereocenters. The summed E-state index contributed by atoms with van der Waals surface area (Å²) >= 11 is 0. The summed E-state index contributed by atoms with van der Waals surface area (Å²) in [6.45, 7) is 0. The molecule has 0 radical (unpaired) electrons. The molecule has 0 aromatic heterocycles. The van der Waals surface area contributed by atoms with Gasteiger partial charge < -0.3 is 38.8 Å². The zero-order chi connectivity index (χ0) is 30.1. The number of phenols is 1. The van der Waals surface area contributed by atoms with Gasteiger partial charge in [-0.15, -0.1) is 0 Å². The van der Waals surface area contributed by atoms with E-state index in [4.69, 9.17) is 28.4 Å². The Bertz CT molecular complexity index is 1470. The van der Waals surface area contributed by atoms with E-state index in [2.05, 4.69) is 5.32 Å². The Labute approximate surface area is 236 Å². The van der Waals surface area contributed by atoms with Crippen molar-refractivity contribution in [1.29, 1.82) is 0 Å². The number of hydrogen-bond acceptors (Lipinski definition) is 10. The lowest BCUT2D eigenvalue weighted by Gasteiger charge is -2.14. The molecule has 2 N–H and O–H groups in total. The lowest BCUT2D eigenvalue weighted by atomic mass is 10.1. The highest BCUT2D eigenvalue weighted by Gasteiger charge is 2.21. The Morgan fingerprint density at radius 2 is 1.29 bits per heavy atom. The topological polar surface area (TPSA) is 148 Å². The number of methoxy groups -OCH3 is 6. The number of carbonyl (C=O) groups is 1. The average molecular weight is 567 g/mol. The largest absolute Gasteiger partial charge is 0.504 e. The van der Waals surface area contributed by atoms with Crippen molar-refractivity contribution in [3.63, 3.8) is 0 Å². The molecule has 1 amide bonds. The normalized spacial score (nSPS) is 10.9. The molecule has 41 heavy (non-hydrogen) atoms. The van der Waals surface area contributed by atoms with Gasteiger partial charge in [0.1, 0.15) is 0 Å². The molecule has 0 fully saturated rings. The molecule has 0 unspecified atom stereocenters. The molecule has 0 saturated carbocycles. The number of carbonyl (C=O) groups excluding carboxylic acids is 1. The number of nitro groups is 1. The Balaban J connectivity index is 1.96. The summed E-state index contributed by atoms with van der Waals surface area (Å²) in [7, 11) is 8.53. The van der Waals surface area contributed by atoms with Crippen LogP contribution in [0, 0.1) is 10.1 Å².